The van der Waals surface area contributed by atoms with Crippen molar-refractivity contribution in [2.75, 3.05) is 21.0 Å². The van der Waals surface area contributed by atoms with Crippen LogP contribution in [0.1, 0.15) is 20.7 Å². The predicted molar refractivity (Wildman–Crippen MR) is 114 cm³/mol. The zero-order valence-corrected chi connectivity index (χ0v) is 17.5. The minimum atomic E-state index is -0.363. The number of ether oxygens (including phenoxy) is 4. The van der Waals surface area contributed by atoms with Crippen LogP contribution in [0.15, 0.2) is 59.5 Å². The number of amides is 2. The summed E-state index contributed by atoms with van der Waals surface area (Å²) in [4.78, 5) is 26.3. The largest absolute Gasteiger partial charge is 0.496 e. The maximum atomic E-state index is 12.8. The molecule has 7 nitrogen and oxygen atoms in total. The Kier molecular flexibility index (Phi) is 4.71. The number of rotatable bonds is 4. The molecular weight excluding hydrogens is 418 g/mol. The van der Waals surface area contributed by atoms with Crippen LogP contribution in [-0.2, 0) is 0 Å². The van der Waals surface area contributed by atoms with Gasteiger partial charge in [0.1, 0.15) is 17.2 Å². The maximum absolute atomic E-state index is 12.8. The molecule has 156 valence electrons. The third-order valence-electron chi connectivity index (χ3n) is 5.13. The summed E-state index contributed by atoms with van der Waals surface area (Å²) in [6.07, 6.45) is 0. The van der Waals surface area contributed by atoms with Gasteiger partial charge in [-0.3, -0.25) is 9.59 Å². The quantitative estimate of drug-likeness (QED) is 0.444. The Hall–Kier alpha value is -3.65. The van der Waals surface area contributed by atoms with Crippen molar-refractivity contribution in [2.24, 2.45) is 0 Å². The van der Waals surface area contributed by atoms with E-state index in [0.29, 0.717) is 50.1 Å². The topological polar surface area (TPSA) is 74.3 Å². The van der Waals surface area contributed by atoms with Gasteiger partial charge < -0.3 is 18.9 Å². The Morgan fingerprint density at radius 3 is 2.16 bits per heavy atom. The van der Waals surface area contributed by atoms with Gasteiger partial charge in [0, 0.05) is 11.9 Å². The molecule has 0 fully saturated rings. The van der Waals surface area contributed by atoms with Crippen LogP contribution in [0.25, 0.3) is 11.1 Å². The molecular formula is C23H17NO6S. The summed E-state index contributed by atoms with van der Waals surface area (Å²) in [5, 5.41) is 0. The van der Waals surface area contributed by atoms with Gasteiger partial charge in [0.15, 0.2) is 5.75 Å². The zero-order chi connectivity index (χ0) is 21.5. The lowest BCUT2D eigenvalue weighted by Gasteiger charge is -2.19. The number of methoxy groups -OCH3 is 2. The van der Waals surface area contributed by atoms with Crippen LogP contribution in [0.3, 0.4) is 0 Å². The Bertz CT molecular complexity index is 1190. The minimum Gasteiger partial charge on any atom is -0.496 e. The van der Waals surface area contributed by atoms with Crippen molar-refractivity contribution in [3.05, 3.63) is 65.7 Å². The molecule has 0 bridgehead atoms. The first kappa shape index (κ1) is 19.3. The first-order valence-electron chi connectivity index (χ1n) is 9.43. The summed E-state index contributed by atoms with van der Waals surface area (Å²) in [6.45, 7) is -0.0456. The van der Waals surface area contributed by atoms with Crippen molar-refractivity contribution in [1.29, 1.82) is 0 Å². The van der Waals surface area contributed by atoms with Gasteiger partial charge in [0.05, 0.1) is 41.4 Å². The van der Waals surface area contributed by atoms with E-state index in [1.807, 2.05) is 18.2 Å². The third kappa shape index (κ3) is 2.98. The lowest BCUT2D eigenvalue weighted by Crippen LogP contribution is -2.22. The smallest absolute Gasteiger partial charge is 0.272 e. The van der Waals surface area contributed by atoms with Crippen LogP contribution < -0.4 is 18.9 Å². The Labute approximate surface area is 182 Å². The van der Waals surface area contributed by atoms with Gasteiger partial charge in [0.25, 0.3) is 11.8 Å². The van der Waals surface area contributed by atoms with Gasteiger partial charge in [-0.2, -0.15) is 0 Å². The molecule has 3 aromatic rings. The molecule has 5 rings (SSSR count). The molecule has 0 aliphatic carbocycles. The zero-order valence-electron chi connectivity index (χ0n) is 16.7. The average Bonchev–Trinajstić information content (AvgIpc) is 2.94. The summed E-state index contributed by atoms with van der Waals surface area (Å²) < 4.78 is 24.0. The van der Waals surface area contributed by atoms with Crippen LogP contribution in [0.2, 0.25) is 0 Å². The predicted octanol–water partition coefficient (Wildman–Crippen LogP) is 4.40. The number of fused-ring (bicyclic) bond motifs is 4. The van der Waals surface area contributed by atoms with Crippen LogP contribution in [0, 0.1) is 0 Å². The monoisotopic (exact) mass is 435 g/mol. The third-order valence-corrected chi connectivity index (χ3v) is 6.16. The van der Waals surface area contributed by atoms with E-state index in [-0.39, 0.29) is 18.6 Å². The molecule has 0 atom stereocenters. The van der Waals surface area contributed by atoms with E-state index in [2.05, 4.69) is 0 Å². The van der Waals surface area contributed by atoms with Gasteiger partial charge in [-0.25, -0.2) is 4.31 Å². The Balaban J connectivity index is 1.64. The molecule has 0 unspecified atom stereocenters. The standard InChI is InChI=1S/C23H17NO6S/c1-27-15-8-5-9-17-19(15)20-16(28-2)10-11-18(21(20)30-12-29-17)31-24-22(25)13-6-3-4-7-14(13)23(24)26/h3-11H,12H2,1-2H3. The molecule has 0 spiro atoms. The highest BCUT2D eigenvalue weighted by atomic mass is 32.2. The van der Waals surface area contributed by atoms with Gasteiger partial charge >= 0.3 is 0 Å². The molecule has 0 aromatic heterocycles. The van der Waals surface area contributed by atoms with Crippen molar-refractivity contribution in [2.45, 2.75) is 4.90 Å². The van der Waals surface area contributed by atoms with Crippen molar-refractivity contribution in [3.63, 3.8) is 0 Å². The molecule has 2 amide bonds. The molecule has 3 aromatic carbocycles. The first-order chi connectivity index (χ1) is 15.1. The van der Waals surface area contributed by atoms with Crippen LogP contribution in [0.4, 0.5) is 0 Å². The molecule has 31 heavy (non-hydrogen) atoms. The van der Waals surface area contributed by atoms with E-state index in [4.69, 9.17) is 18.9 Å². The first-order valence-corrected chi connectivity index (χ1v) is 10.2. The molecule has 8 heteroatoms. The van der Waals surface area contributed by atoms with Gasteiger partial charge in [-0.05, 0) is 36.4 Å². The Morgan fingerprint density at radius 1 is 0.806 bits per heavy atom. The number of carbonyl (C=O) groups is 2. The van der Waals surface area contributed by atoms with Crippen LogP contribution in [-0.4, -0.2) is 37.1 Å². The van der Waals surface area contributed by atoms with E-state index < -0.39 is 0 Å². The van der Waals surface area contributed by atoms with Gasteiger partial charge in [-0.15, -0.1) is 0 Å². The number of carbonyl (C=O) groups excluding carboxylic acids is 2. The average molecular weight is 435 g/mol. The molecule has 2 aliphatic heterocycles. The second kappa shape index (κ2) is 7.55. The molecule has 0 saturated heterocycles. The number of imide groups is 1. The highest BCUT2D eigenvalue weighted by Gasteiger charge is 2.37. The Morgan fingerprint density at radius 2 is 1.48 bits per heavy atom. The fourth-order valence-corrected chi connectivity index (χ4v) is 4.65. The normalized spacial score (nSPS) is 14.1. The highest BCUT2D eigenvalue weighted by molar-refractivity contribution is 7.98. The summed E-state index contributed by atoms with van der Waals surface area (Å²) in [5.74, 6) is 1.45. The number of hydrogen-bond acceptors (Lipinski definition) is 7. The SMILES string of the molecule is COc1cccc2c1-c1c(OC)ccc(SN3C(=O)c4ccccc4C3=O)c1OCO2. The van der Waals surface area contributed by atoms with E-state index in [9.17, 15) is 9.59 Å². The summed E-state index contributed by atoms with van der Waals surface area (Å²) >= 11 is 1.01. The molecule has 2 aliphatic rings. The summed E-state index contributed by atoms with van der Waals surface area (Å²) in [7, 11) is 3.14. The molecule has 0 saturated carbocycles. The molecule has 0 N–H and O–H groups in total. The minimum absolute atomic E-state index is 0.0456. The highest BCUT2D eigenvalue weighted by Crippen LogP contribution is 2.52. The second-order valence-electron chi connectivity index (χ2n) is 6.75. The number of hydrogen-bond donors (Lipinski definition) is 0. The van der Waals surface area contributed by atoms with E-state index in [0.717, 1.165) is 16.3 Å². The van der Waals surface area contributed by atoms with E-state index in [1.54, 1.807) is 50.6 Å². The molecule has 2 heterocycles. The van der Waals surface area contributed by atoms with E-state index >= 15 is 0 Å². The number of benzene rings is 3. The van der Waals surface area contributed by atoms with Crippen LogP contribution >= 0.6 is 11.9 Å². The fourth-order valence-electron chi connectivity index (χ4n) is 3.72. The fraction of sp³-hybridized carbons (Fsp3) is 0.130. The van der Waals surface area contributed by atoms with Crippen LogP contribution in [0.5, 0.6) is 23.0 Å². The number of nitrogens with zero attached hydrogens (tertiary/aromatic N) is 1. The van der Waals surface area contributed by atoms with Crippen molar-refractivity contribution < 1.29 is 28.5 Å². The van der Waals surface area contributed by atoms with Gasteiger partial charge in [-0.1, -0.05) is 18.2 Å². The van der Waals surface area contributed by atoms with Crippen molar-refractivity contribution in [1.82, 2.24) is 4.31 Å². The lowest BCUT2D eigenvalue weighted by molar-refractivity contribution is 0.0777. The maximum Gasteiger partial charge on any atom is 0.272 e. The molecule has 0 radical (unpaired) electrons. The second-order valence-corrected chi connectivity index (χ2v) is 7.74. The van der Waals surface area contributed by atoms with Crippen molar-refractivity contribution in [3.8, 4) is 34.1 Å². The summed E-state index contributed by atoms with van der Waals surface area (Å²) in [6, 6.07) is 15.8. The van der Waals surface area contributed by atoms with Gasteiger partial charge in [0.2, 0.25) is 6.79 Å². The lowest BCUT2D eigenvalue weighted by atomic mass is 10.0. The summed E-state index contributed by atoms with van der Waals surface area (Å²) in [5.41, 5.74) is 2.08. The van der Waals surface area contributed by atoms with Crippen molar-refractivity contribution >= 4 is 23.8 Å². The van der Waals surface area contributed by atoms with E-state index in [1.165, 1.54) is 0 Å².